The molecule has 1 N–H and O–H groups in total. The van der Waals surface area contributed by atoms with Crippen LogP contribution in [0, 0.1) is 0 Å². The second kappa shape index (κ2) is 42.1. The molecule has 4 aliphatic heterocycles. The first-order chi connectivity index (χ1) is 45.8. The second-order valence-electron chi connectivity index (χ2n) is 21.0. The molecule has 0 aromatic carbocycles. The molecule has 38 heteroatoms. The number of aliphatic hydroxyl groups is 1. The van der Waals surface area contributed by atoms with Gasteiger partial charge in [-0.25, -0.2) is 0 Å². The Morgan fingerprint density at radius 2 is 0.480 bits per heavy atom. The maximum absolute atomic E-state index is 12.3. The first-order valence-corrected chi connectivity index (χ1v) is 29.6. The zero-order chi connectivity index (χ0) is 74.4. The topological polar surface area (TPSA) is 479 Å². The third-order valence-electron chi connectivity index (χ3n) is 12.6. The zero-order valence-electron chi connectivity index (χ0n) is 56.4. The van der Waals surface area contributed by atoms with Crippen molar-refractivity contribution in [3.8, 4) is 0 Å². The van der Waals surface area contributed by atoms with E-state index in [1.54, 1.807) is 0 Å². The van der Waals surface area contributed by atoms with Gasteiger partial charge in [0.25, 0.3) is 0 Å². The van der Waals surface area contributed by atoms with Gasteiger partial charge in [0.1, 0.15) is 63.1 Å². The number of aliphatic hydroxyl groups excluding tert-OH is 1. The maximum atomic E-state index is 12.3. The van der Waals surface area contributed by atoms with Gasteiger partial charge in [0.2, 0.25) is 12.4 Å². The molecule has 4 rings (SSSR count). The van der Waals surface area contributed by atoms with Gasteiger partial charge in [-0.2, -0.15) is 0 Å². The van der Waals surface area contributed by atoms with Crippen molar-refractivity contribution in [2.75, 3.05) is 39.6 Å². The lowest BCUT2D eigenvalue weighted by Crippen LogP contribution is -2.67. The Morgan fingerprint density at radius 3 is 0.724 bits per heavy atom. The molecule has 38 nitrogen and oxygen atoms in total. The van der Waals surface area contributed by atoms with Crippen molar-refractivity contribution >= 4 is 89.5 Å². The van der Waals surface area contributed by atoms with Crippen LogP contribution in [0.15, 0.2) is 25.3 Å². The summed E-state index contributed by atoms with van der Waals surface area (Å²) in [6, 6.07) is 0. The monoisotopic (exact) mass is 1410 g/mol. The normalized spacial score (nSPS) is 29.1. The fourth-order valence-corrected chi connectivity index (χ4v) is 9.50. The van der Waals surface area contributed by atoms with Crippen LogP contribution in [-0.2, 0) is 176 Å². The van der Waals surface area contributed by atoms with E-state index in [4.69, 9.17) is 109 Å². The Bertz CT molecular complexity index is 2800. The van der Waals surface area contributed by atoms with Crippen LogP contribution < -0.4 is 0 Å². The summed E-state index contributed by atoms with van der Waals surface area (Å²) in [7, 11) is 0. The van der Waals surface area contributed by atoms with E-state index in [9.17, 15) is 71.9 Å². The van der Waals surface area contributed by atoms with Crippen molar-refractivity contribution in [1.82, 2.24) is 0 Å². The minimum Gasteiger partial charge on any atom is -0.463 e. The molecule has 0 aliphatic carbocycles. The number of carbonyl (C=O) groups excluding carboxylic acids is 15. The Hall–Kier alpha value is -8.79. The number of ether oxygens (including phenoxy) is 22. The highest BCUT2D eigenvalue weighted by atomic mass is 16.8. The second-order valence-corrected chi connectivity index (χ2v) is 21.0. The molecule has 4 fully saturated rings. The summed E-state index contributed by atoms with van der Waals surface area (Å²) in [4.78, 5) is 181. The van der Waals surface area contributed by atoms with Gasteiger partial charge < -0.3 is 109 Å². The third kappa shape index (κ3) is 29.5. The van der Waals surface area contributed by atoms with Crippen molar-refractivity contribution in [3.63, 3.8) is 0 Å². The Balaban J connectivity index is 0.000000632. The Morgan fingerprint density at radius 1 is 0.276 bits per heavy atom. The predicted octanol–water partition coefficient (Wildman–Crippen LogP) is -0.857. The van der Waals surface area contributed by atoms with Crippen LogP contribution in [0.2, 0.25) is 0 Å². The number of hydrogen-bond acceptors (Lipinski definition) is 38. The summed E-state index contributed by atoms with van der Waals surface area (Å²) in [5.74, 6) is -12.8. The largest absolute Gasteiger partial charge is 0.463 e. The molecule has 98 heavy (non-hydrogen) atoms. The van der Waals surface area contributed by atoms with Gasteiger partial charge in [0.15, 0.2) is 73.8 Å². The van der Waals surface area contributed by atoms with E-state index in [1.807, 2.05) is 0 Å². The van der Waals surface area contributed by atoms with Crippen molar-refractivity contribution < 1.29 is 181 Å². The van der Waals surface area contributed by atoms with E-state index in [2.05, 4.69) is 13.2 Å². The SMILES string of the molecule is C=CCO.C=CCO[C@@H]1OC(COC(C)=O)[C@@H](O[C@H]2OC(COC(C)=O)[C@@H](OC(C)=O)[C@H](OC(C)=O)C2OC(C)=O)[C@H](OC(C)=O)C1OC(C)=O.CC(=O)OCC1O[C@H](O[C@@H]2C(COC(C)=O)O[C@@H](OC(C)=O)C(OC(C)=O)[C@@H]2OC(C)=O)C(OC(C)=O)[C@@H](OC(C)=O)[C@@H]1OC(C)=O. The number of hydrogen-bond donors (Lipinski definition) is 1. The highest BCUT2D eigenvalue weighted by molar-refractivity contribution is 5.72. The lowest BCUT2D eigenvalue weighted by atomic mass is 9.96. The summed E-state index contributed by atoms with van der Waals surface area (Å²) in [6.45, 7) is 20.2. The zero-order valence-corrected chi connectivity index (χ0v) is 56.4. The molecule has 0 spiro atoms. The molecule has 552 valence electrons. The molecule has 8 unspecified atom stereocenters. The summed E-state index contributed by atoms with van der Waals surface area (Å²) in [5.41, 5.74) is 0. The molecule has 0 aromatic rings. The van der Waals surface area contributed by atoms with Crippen molar-refractivity contribution in [1.29, 1.82) is 0 Å². The summed E-state index contributed by atoms with van der Waals surface area (Å²) >= 11 is 0. The molecule has 4 aliphatic rings. The number of rotatable bonds is 27. The van der Waals surface area contributed by atoms with E-state index >= 15 is 0 Å². The molecule has 0 amide bonds. The lowest BCUT2D eigenvalue weighted by Gasteiger charge is -2.48. The third-order valence-corrected chi connectivity index (χ3v) is 12.6. The molecule has 0 radical (unpaired) electrons. The van der Waals surface area contributed by atoms with Gasteiger partial charge in [-0.15, -0.1) is 13.2 Å². The minimum absolute atomic E-state index is 0.0833. The van der Waals surface area contributed by atoms with Crippen molar-refractivity contribution in [2.45, 2.75) is 227 Å². The summed E-state index contributed by atoms with van der Waals surface area (Å²) in [6.07, 6.45) is -28.8. The van der Waals surface area contributed by atoms with Crippen LogP contribution in [0.5, 0.6) is 0 Å². The first kappa shape index (κ1) is 85.3. The average Bonchev–Trinajstić information content (AvgIpc) is 0.776. The number of esters is 15. The van der Waals surface area contributed by atoms with Gasteiger partial charge in [0.05, 0.1) is 13.2 Å². The van der Waals surface area contributed by atoms with Crippen molar-refractivity contribution in [3.05, 3.63) is 25.3 Å². The van der Waals surface area contributed by atoms with E-state index in [0.717, 1.165) is 104 Å². The molecule has 20 atom stereocenters. The van der Waals surface area contributed by atoms with Crippen molar-refractivity contribution in [2.24, 2.45) is 0 Å². The predicted molar refractivity (Wildman–Crippen MR) is 312 cm³/mol. The van der Waals surface area contributed by atoms with Gasteiger partial charge in [-0.3, -0.25) is 71.9 Å². The summed E-state index contributed by atoms with van der Waals surface area (Å²) in [5, 5.41) is 7.76. The van der Waals surface area contributed by atoms with Gasteiger partial charge in [-0.1, -0.05) is 12.2 Å². The Kier molecular flexibility index (Phi) is 36.7. The molecular formula is C60H84O38. The number of carbonyl (C=O) groups is 15. The minimum atomic E-state index is -1.83. The quantitative estimate of drug-likeness (QED) is 0.0594. The fraction of sp³-hybridized carbons (Fsp3) is 0.683. The Labute approximate surface area is 561 Å². The maximum Gasteiger partial charge on any atom is 0.305 e. The molecule has 0 saturated carbocycles. The van der Waals surface area contributed by atoms with Crippen LogP contribution in [0.25, 0.3) is 0 Å². The van der Waals surface area contributed by atoms with E-state index in [0.29, 0.717) is 0 Å². The lowest BCUT2D eigenvalue weighted by molar-refractivity contribution is -0.360. The molecule has 4 heterocycles. The summed E-state index contributed by atoms with van der Waals surface area (Å²) < 4.78 is 121. The van der Waals surface area contributed by atoms with Crippen LogP contribution in [-0.4, -0.2) is 257 Å². The average molecular weight is 1410 g/mol. The van der Waals surface area contributed by atoms with Crippen LogP contribution in [0.1, 0.15) is 104 Å². The molecule has 0 aromatic heterocycles. The molecule has 4 saturated heterocycles. The van der Waals surface area contributed by atoms with Gasteiger partial charge in [0, 0.05) is 104 Å². The van der Waals surface area contributed by atoms with E-state index in [-0.39, 0.29) is 13.2 Å². The standard InChI is InChI=1S/C29H40O18.C28H38O19.C3H6O/c1-9-10-37-28-26(43-18(7)35)25(42-17(6)34)23(21(45-28)12-39-14(3)31)47-29-27(44-19(8)36)24(41-16(5)33)22(40-15(4)32)20(46-29)11-38-13(2)30;1-11(29)37-9-19-21(39-13(3)31)23(40-14(4)32)26(43-17(7)35)28(46-19)47-22-20(10-38-12(2)30)45-27(44-18(8)36)25(42-16(6)34)24(22)41-15(5)33;1-2-3-4/h9,20-29H,1,10-12H2,2-8H3;19-28H,9-10H2,1-8H3;2,4H,1,3H2/t20?,21?,22-,23-,24+,25+,26?,27?,28-,29-;19?,20?,21-,22-,23+,24-,25?,26?,27-,28-;/m11./s1. The van der Waals surface area contributed by atoms with E-state index in [1.165, 1.54) is 12.2 Å². The molecule has 0 bridgehead atoms. The van der Waals surface area contributed by atoms with Gasteiger partial charge in [-0.05, 0) is 0 Å². The van der Waals surface area contributed by atoms with Crippen LogP contribution >= 0.6 is 0 Å². The van der Waals surface area contributed by atoms with Crippen LogP contribution in [0.4, 0.5) is 0 Å². The van der Waals surface area contributed by atoms with E-state index < -0.39 is 239 Å². The highest BCUT2D eigenvalue weighted by Gasteiger charge is 2.60. The smallest absolute Gasteiger partial charge is 0.305 e. The fourth-order valence-electron chi connectivity index (χ4n) is 9.50. The first-order valence-electron chi connectivity index (χ1n) is 29.6. The van der Waals surface area contributed by atoms with Crippen LogP contribution in [0.3, 0.4) is 0 Å². The molecular weight excluding hydrogens is 1330 g/mol. The highest BCUT2D eigenvalue weighted by Crippen LogP contribution is 2.38. The van der Waals surface area contributed by atoms with Gasteiger partial charge >= 0.3 is 89.5 Å².